The van der Waals surface area contributed by atoms with Crippen molar-refractivity contribution in [2.75, 3.05) is 0 Å². The number of alkyl halides is 2. The smallest absolute Gasteiger partial charge is 0.288 e. The van der Waals surface area contributed by atoms with Crippen LogP contribution >= 0.6 is 11.8 Å². The zero-order chi connectivity index (χ0) is 13.1. The van der Waals surface area contributed by atoms with Crippen molar-refractivity contribution in [2.24, 2.45) is 0 Å². The molecule has 94 valence electrons. The highest BCUT2D eigenvalue weighted by Gasteiger charge is 2.07. The molecule has 0 amide bonds. The lowest BCUT2D eigenvalue weighted by Crippen LogP contribution is -1.84. The third kappa shape index (κ3) is 3.01. The Hall–Kier alpha value is -1.55. The van der Waals surface area contributed by atoms with Crippen molar-refractivity contribution < 1.29 is 13.9 Å². The van der Waals surface area contributed by atoms with E-state index in [4.69, 9.17) is 0 Å². The van der Waals surface area contributed by atoms with Gasteiger partial charge >= 0.3 is 0 Å². The Bertz CT molecular complexity index is 538. The molecule has 18 heavy (non-hydrogen) atoms. The SMILES string of the molecule is Cc1ccc(O)c(-c2ccc(SC(F)F)cc2)c1. The van der Waals surface area contributed by atoms with Gasteiger partial charge in [0.15, 0.2) is 0 Å². The summed E-state index contributed by atoms with van der Waals surface area (Å²) in [6.45, 7) is 1.93. The van der Waals surface area contributed by atoms with Gasteiger partial charge in [-0.25, -0.2) is 0 Å². The number of hydrogen-bond donors (Lipinski definition) is 1. The maximum Gasteiger partial charge on any atom is 0.288 e. The fourth-order valence-electron chi connectivity index (χ4n) is 1.70. The Balaban J connectivity index is 2.31. The lowest BCUT2D eigenvalue weighted by molar-refractivity contribution is 0.252. The molecular formula is C14H12F2OS. The first kappa shape index (κ1) is 12.9. The highest BCUT2D eigenvalue weighted by Crippen LogP contribution is 2.32. The van der Waals surface area contributed by atoms with Gasteiger partial charge < -0.3 is 5.11 Å². The molecule has 0 aliphatic rings. The van der Waals surface area contributed by atoms with Crippen LogP contribution in [0.25, 0.3) is 11.1 Å². The Morgan fingerprint density at radius 1 is 1.06 bits per heavy atom. The van der Waals surface area contributed by atoms with E-state index >= 15 is 0 Å². The molecule has 0 atom stereocenters. The number of phenols is 1. The summed E-state index contributed by atoms with van der Waals surface area (Å²) in [6.07, 6.45) is 0. The maximum atomic E-state index is 12.2. The van der Waals surface area contributed by atoms with Gasteiger partial charge in [-0.2, -0.15) is 8.78 Å². The van der Waals surface area contributed by atoms with Crippen molar-refractivity contribution in [1.29, 1.82) is 0 Å². The van der Waals surface area contributed by atoms with E-state index < -0.39 is 5.76 Å². The van der Waals surface area contributed by atoms with E-state index in [0.29, 0.717) is 22.2 Å². The summed E-state index contributed by atoms with van der Waals surface area (Å²) in [5, 5.41) is 9.78. The van der Waals surface area contributed by atoms with E-state index in [-0.39, 0.29) is 5.75 Å². The number of rotatable bonds is 3. The van der Waals surface area contributed by atoms with Crippen molar-refractivity contribution in [1.82, 2.24) is 0 Å². The van der Waals surface area contributed by atoms with Crippen LogP contribution in [0, 0.1) is 6.92 Å². The van der Waals surface area contributed by atoms with Crippen LogP contribution in [0.15, 0.2) is 47.4 Å². The topological polar surface area (TPSA) is 20.2 Å². The molecule has 4 heteroatoms. The summed E-state index contributed by atoms with van der Waals surface area (Å²) in [4.78, 5) is 0.515. The predicted molar refractivity (Wildman–Crippen MR) is 70.1 cm³/mol. The van der Waals surface area contributed by atoms with Crippen molar-refractivity contribution in [3.05, 3.63) is 48.0 Å². The quantitative estimate of drug-likeness (QED) is 0.814. The summed E-state index contributed by atoms with van der Waals surface area (Å²) in [6, 6.07) is 12.1. The molecule has 1 nitrogen and oxygen atoms in total. The molecule has 2 aromatic carbocycles. The second-order valence-electron chi connectivity index (χ2n) is 3.92. The van der Waals surface area contributed by atoms with Crippen molar-refractivity contribution in [3.8, 4) is 16.9 Å². The van der Waals surface area contributed by atoms with Crippen molar-refractivity contribution in [3.63, 3.8) is 0 Å². The van der Waals surface area contributed by atoms with Gasteiger partial charge in [-0.1, -0.05) is 35.5 Å². The number of thioether (sulfide) groups is 1. The summed E-state index contributed by atoms with van der Waals surface area (Å²) < 4.78 is 24.4. The summed E-state index contributed by atoms with van der Waals surface area (Å²) in [7, 11) is 0. The van der Waals surface area contributed by atoms with E-state index in [2.05, 4.69) is 0 Å². The van der Waals surface area contributed by atoms with E-state index in [9.17, 15) is 13.9 Å². The zero-order valence-electron chi connectivity index (χ0n) is 9.73. The first-order valence-corrected chi connectivity index (χ1v) is 6.29. The Labute approximate surface area is 108 Å². The highest BCUT2D eigenvalue weighted by atomic mass is 32.2. The molecule has 2 aromatic rings. The van der Waals surface area contributed by atoms with Crippen LogP contribution in [0.3, 0.4) is 0 Å². The number of aromatic hydroxyl groups is 1. The molecular weight excluding hydrogens is 254 g/mol. The molecule has 0 heterocycles. The van der Waals surface area contributed by atoms with E-state index in [1.165, 1.54) is 0 Å². The van der Waals surface area contributed by atoms with Crippen LogP contribution in [-0.4, -0.2) is 10.9 Å². The molecule has 0 saturated heterocycles. The highest BCUT2D eigenvalue weighted by molar-refractivity contribution is 7.99. The second-order valence-corrected chi connectivity index (χ2v) is 4.99. The molecule has 0 aliphatic heterocycles. The van der Waals surface area contributed by atoms with Crippen molar-refractivity contribution >= 4 is 11.8 Å². The van der Waals surface area contributed by atoms with Crippen LogP contribution in [0.1, 0.15) is 5.56 Å². The number of aryl methyl sites for hydroxylation is 1. The van der Waals surface area contributed by atoms with E-state index in [1.54, 1.807) is 30.3 Å². The van der Waals surface area contributed by atoms with Crippen LogP contribution < -0.4 is 0 Å². The summed E-state index contributed by atoms with van der Waals surface area (Å²) in [5.74, 6) is -2.22. The number of hydrogen-bond acceptors (Lipinski definition) is 2. The van der Waals surface area contributed by atoms with Gasteiger partial charge in [0.1, 0.15) is 5.75 Å². The number of halogens is 2. The summed E-state index contributed by atoms with van der Waals surface area (Å²) in [5.41, 5.74) is 2.56. The first-order chi connectivity index (χ1) is 8.56. The lowest BCUT2D eigenvalue weighted by atomic mass is 10.0. The Morgan fingerprint density at radius 3 is 2.33 bits per heavy atom. The van der Waals surface area contributed by atoms with Crippen LogP contribution in [0.5, 0.6) is 5.75 Å². The Kier molecular flexibility index (Phi) is 3.87. The molecule has 0 aliphatic carbocycles. The average molecular weight is 266 g/mol. The molecule has 0 saturated carbocycles. The Morgan fingerprint density at radius 2 is 1.72 bits per heavy atom. The number of phenolic OH excluding ortho intramolecular Hbond substituents is 1. The zero-order valence-corrected chi connectivity index (χ0v) is 10.5. The molecule has 0 fully saturated rings. The van der Waals surface area contributed by atoms with Crippen LogP contribution in [0.2, 0.25) is 0 Å². The molecule has 0 aromatic heterocycles. The van der Waals surface area contributed by atoms with Gasteiger partial charge in [0.05, 0.1) is 0 Å². The van der Waals surface area contributed by atoms with Gasteiger partial charge in [0.25, 0.3) is 5.76 Å². The van der Waals surface area contributed by atoms with Gasteiger partial charge in [-0.15, -0.1) is 0 Å². The van der Waals surface area contributed by atoms with Gasteiger partial charge in [-0.3, -0.25) is 0 Å². The van der Waals surface area contributed by atoms with Gasteiger partial charge in [0, 0.05) is 10.5 Å². The molecule has 0 bridgehead atoms. The average Bonchev–Trinajstić information content (AvgIpc) is 2.33. The minimum atomic E-state index is -2.41. The molecule has 2 rings (SSSR count). The molecule has 0 unspecified atom stereocenters. The fourth-order valence-corrected chi connectivity index (χ4v) is 2.20. The monoisotopic (exact) mass is 266 g/mol. The minimum absolute atomic E-state index is 0.190. The molecule has 0 spiro atoms. The van der Waals surface area contributed by atoms with Gasteiger partial charge in [0.2, 0.25) is 0 Å². The van der Waals surface area contributed by atoms with Crippen LogP contribution in [0.4, 0.5) is 8.78 Å². The molecule has 1 N–H and O–H groups in total. The van der Waals surface area contributed by atoms with E-state index in [0.717, 1.165) is 11.1 Å². The summed E-state index contributed by atoms with van der Waals surface area (Å²) >= 11 is 0.514. The minimum Gasteiger partial charge on any atom is -0.507 e. The molecule has 0 radical (unpaired) electrons. The standard InChI is InChI=1S/C14H12F2OS/c1-9-2-7-13(17)12(8-9)10-3-5-11(6-4-10)18-14(15)16/h2-8,14,17H,1H3. The first-order valence-electron chi connectivity index (χ1n) is 5.41. The van der Waals surface area contributed by atoms with Crippen molar-refractivity contribution in [2.45, 2.75) is 17.6 Å². The fraction of sp³-hybridized carbons (Fsp3) is 0.143. The van der Waals surface area contributed by atoms with Gasteiger partial charge in [-0.05, 0) is 36.8 Å². The van der Waals surface area contributed by atoms with E-state index in [1.807, 2.05) is 19.1 Å². The maximum absolute atomic E-state index is 12.2. The lowest BCUT2D eigenvalue weighted by Gasteiger charge is -2.07. The van der Waals surface area contributed by atoms with Crippen LogP contribution in [-0.2, 0) is 0 Å². The second kappa shape index (κ2) is 5.40. The third-order valence-corrected chi connectivity index (χ3v) is 3.27. The predicted octanol–water partition coefficient (Wildman–Crippen LogP) is 4.68. The third-order valence-electron chi connectivity index (χ3n) is 2.54. The normalized spacial score (nSPS) is 10.9. The largest absolute Gasteiger partial charge is 0.507 e. The number of benzene rings is 2.